The van der Waals surface area contributed by atoms with E-state index in [1.54, 1.807) is 27.4 Å². The lowest BCUT2D eigenvalue weighted by Gasteiger charge is -2.22. The quantitative estimate of drug-likeness (QED) is 0.383. The average Bonchev–Trinajstić information content (AvgIpc) is 3.31. The molecule has 1 heterocycles. The second kappa shape index (κ2) is 10.4. The molecule has 9 nitrogen and oxygen atoms in total. The van der Waals surface area contributed by atoms with Gasteiger partial charge in [0.05, 0.1) is 46.1 Å². The number of methoxy groups -OCH3 is 4. The fourth-order valence-electron chi connectivity index (χ4n) is 3.98. The molecule has 0 saturated carbocycles. The first-order valence-electron chi connectivity index (χ1n) is 10.4. The van der Waals surface area contributed by atoms with Gasteiger partial charge in [0, 0.05) is 18.6 Å². The number of nitro benzene ring substituents is 1. The SMILES string of the molecule is CCCOc1c(OC)cc([C@H]2OCC[C@H]2c2cc(OC)c(OC)c(OC)c2)cc1[N+](=O)[O-]. The van der Waals surface area contributed by atoms with Crippen molar-refractivity contribution in [1.29, 1.82) is 0 Å². The van der Waals surface area contributed by atoms with Crippen molar-refractivity contribution in [2.75, 3.05) is 41.7 Å². The first kappa shape index (κ1) is 23.5. The second-order valence-corrected chi connectivity index (χ2v) is 7.32. The zero-order valence-corrected chi connectivity index (χ0v) is 19.0. The summed E-state index contributed by atoms with van der Waals surface area (Å²) in [5.41, 5.74) is 1.43. The van der Waals surface area contributed by atoms with Crippen molar-refractivity contribution in [3.8, 4) is 28.7 Å². The van der Waals surface area contributed by atoms with Gasteiger partial charge in [-0.05, 0) is 42.2 Å². The molecule has 0 unspecified atom stereocenters. The fraction of sp³-hybridized carbons (Fsp3) is 0.478. The van der Waals surface area contributed by atoms with Crippen LogP contribution in [0.1, 0.15) is 42.9 Å². The van der Waals surface area contributed by atoms with Crippen LogP contribution < -0.4 is 23.7 Å². The third-order valence-electron chi connectivity index (χ3n) is 5.46. The van der Waals surface area contributed by atoms with Gasteiger partial charge < -0.3 is 28.4 Å². The summed E-state index contributed by atoms with van der Waals surface area (Å²) in [4.78, 5) is 11.3. The Hall–Kier alpha value is -3.20. The third-order valence-corrected chi connectivity index (χ3v) is 5.46. The molecule has 0 radical (unpaired) electrons. The van der Waals surface area contributed by atoms with E-state index in [-0.39, 0.29) is 17.4 Å². The van der Waals surface area contributed by atoms with Gasteiger partial charge in [0.25, 0.3) is 0 Å². The Labute approximate surface area is 187 Å². The minimum Gasteiger partial charge on any atom is -0.493 e. The first-order valence-corrected chi connectivity index (χ1v) is 10.4. The molecular formula is C23H29NO8. The van der Waals surface area contributed by atoms with E-state index in [9.17, 15) is 10.1 Å². The predicted molar refractivity (Wildman–Crippen MR) is 118 cm³/mol. The molecule has 0 aromatic heterocycles. The lowest BCUT2D eigenvalue weighted by atomic mass is 9.88. The molecule has 1 aliphatic rings. The maximum absolute atomic E-state index is 11.8. The van der Waals surface area contributed by atoms with E-state index in [1.165, 1.54) is 13.2 Å². The summed E-state index contributed by atoms with van der Waals surface area (Å²) >= 11 is 0. The van der Waals surface area contributed by atoms with Crippen LogP contribution in [0, 0.1) is 10.1 Å². The Balaban J connectivity index is 2.06. The highest BCUT2D eigenvalue weighted by molar-refractivity contribution is 5.59. The summed E-state index contributed by atoms with van der Waals surface area (Å²) in [5.74, 6) is 1.95. The number of hydrogen-bond donors (Lipinski definition) is 0. The molecule has 174 valence electrons. The summed E-state index contributed by atoms with van der Waals surface area (Å²) in [6.07, 6.45) is 1.04. The van der Waals surface area contributed by atoms with Gasteiger partial charge in [-0.3, -0.25) is 10.1 Å². The Bertz CT molecular complexity index is 936. The van der Waals surface area contributed by atoms with Crippen LogP contribution in [0.2, 0.25) is 0 Å². The number of benzene rings is 2. The minimum atomic E-state index is -0.458. The number of ether oxygens (including phenoxy) is 6. The Morgan fingerprint density at radius 3 is 2.06 bits per heavy atom. The zero-order valence-electron chi connectivity index (χ0n) is 19.0. The molecule has 2 atom stereocenters. The molecule has 0 aliphatic carbocycles. The highest BCUT2D eigenvalue weighted by atomic mass is 16.6. The molecule has 0 amide bonds. The van der Waals surface area contributed by atoms with Gasteiger partial charge in [-0.15, -0.1) is 0 Å². The second-order valence-electron chi connectivity index (χ2n) is 7.32. The fourth-order valence-corrected chi connectivity index (χ4v) is 3.98. The number of rotatable bonds is 10. The summed E-state index contributed by atoms with van der Waals surface area (Å²) in [7, 11) is 6.14. The molecule has 3 rings (SSSR count). The zero-order chi connectivity index (χ0) is 23.3. The summed E-state index contributed by atoms with van der Waals surface area (Å²) < 4.78 is 33.5. The van der Waals surface area contributed by atoms with Gasteiger partial charge in [-0.25, -0.2) is 0 Å². The molecule has 9 heteroatoms. The summed E-state index contributed by atoms with van der Waals surface area (Å²) in [5, 5.41) is 11.8. The maximum atomic E-state index is 11.8. The lowest BCUT2D eigenvalue weighted by Crippen LogP contribution is -2.09. The highest BCUT2D eigenvalue weighted by Crippen LogP contribution is 2.49. The molecule has 2 aromatic carbocycles. The van der Waals surface area contributed by atoms with Crippen LogP contribution in [0.15, 0.2) is 24.3 Å². The largest absolute Gasteiger partial charge is 0.493 e. The highest BCUT2D eigenvalue weighted by Gasteiger charge is 2.35. The van der Waals surface area contributed by atoms with Gasteiger partial charge in [0.2, 0.25) is 11.5 Å². The number of nitro groups is 1. The number of hydrogen-bond acceptors (Lipinski definition) is 8. The van der Waals surface area contributed by atoms with Crippen LogP contribution in [0.25, 0.3) is 0 Å². The van der Waals surface area contributed by atoms with Crippen molar-refractivity contribution in [2.45, 2.75) is 31.8 Å². The average molecular weight is 447 g/mol. The molecule has 2 aromatic rings. The van der Waals surface area contributed by atoms with E-state index < -0.39 is 11.0 Å². The standard InChI is InChI=1S/C23H29NO8/c1-6-8-31-22-17(24(25)26)10-15(13-18(22)27-2)21-16(7-9-32-21)14-11-19(28-3)23(30-5)20(12-14)29-4/h10-13,16,21H,6-9H2,1-5H3/t16-,21+/m0/s1. The first-order chi connectivity index (χ1) is 15.5. The van der Waals surface area contributed by atoms with Crippen molar-refractivity contribution in [2.24, 2.45) is 0 Å². The predicted octanol–water partition coefficient (Wildman–Crippen LogP) is 4.66. The normalized spacial score (nSPS) is 17.7. The smallest absolute Gasteiger partial charge is 0.315 e. The topological polar surface area (TPSA) is 98.5 Å². The Morgan fingerprint density at radius 2 is 1.53 bits per heavy atom. The molecule has 1 fully saturated rings. The molecule has 0 N–H and O–H groups in total. The van der Waals surface area contributed by atoms with Gasteiger partial charge in [0.15, 0.2) is 17.2 Å². The molecule has 1 aliphatic heterocycles. The van der Waals surface area contributed by atoms with Crippen LogP contribution in [0.4, 0.5) is 5.69 Å². The van der Waals surface area contributed by atoms with E-state index >= 15 is 0 Å². The molecule has 0 spiro atoms. The van der Waals surface area contributed by atoms with E-state index in [1.807, 2.05) is 19.1 Å². The summed E-state index contributed by atoms with van der Waals surface area (Å²) in [6, 6.07) is 7.03. The third kappa shape index (κ3) is 4.52. The lowest BCUT2D eigenvalue weighted by molar-refractivity contribution is -0.386. The van der Waals surface area contributed by atoms with Gasteiger partial charge in [-0.2, -0.15) is 0 Å². The Kier molecular flexibility index (Phi) is 7.63. The van der Waals surface area contributed by atoms with Crippen molar-refractivity contribution < 1.29 is 33.3 Å². The van der Waals surface area contributed by atoms with E-state index in [4.69, 9.17) is 28.4 Å². The van der Waals surface area contributed by atoms with Crippen LogP contribution in [0.5, 0.6) is 28.7 Å². The number of nitrogens with zero attached hydrogens (tertiary/aromatic N) is 1. The van der Waals surface area contributed by atoms with Crippen LogP contribution >= 0.6 is 0 Å². The van der Waals surface area contributed by atoms with Gasteiger partial charge in [-0.1, -0.05) is 6.92 Å². The maximum Gasteiger partial charge on any atom is 0.315 e. The van der Waals surface area contributed by atoms with E-state index in [2.05, 4.69) is 0 Å². The van der Waals surface area contributed by atoms with E-state index in [0.717, 1.165) is 18.4 Å². The Morgan fingerprint density at radius 1 is 0.938 bits per heavy atom. The minimum absolute atomic E-state index is 0.0737. The monoisotopic (exact) mass is 447 g/mol. The molecule has 32 heavy (non-hydrogen) atoms. The van der Waals surface area contributed by atoms with Crippen LogP contribution in [-0.4, -0.2) is 46.6 Å². The van der Waals surface area contributed by atoms with Gasteiger partial charge in [0.1, 0.15) is 0 Å². The van der Waals surface area contributed by atoms with Crippen molar-refractivity contribution >= 4 is 5.69 Å². The van der Waals surface area contributed by atoms with Crippen LogP contribution in [0.3, 0.4) is 0 Å². The molecule has 1 saturated heterocycles. The van der Waals surface area contributed by atoms with E-state index in [0.29, 0.717) is 41.8 Å². The van der Waals surface area contributed by atoms with Crippen molar-refractivity contribution in [3.05, 3.63) is 45.5 Å². The van der Waals surface area contributed by atoms with Crippen LogP contribution in [-0.2, 0) is 4.74 Å². The molecular weight excluding hydrogens is 418 g/mol. The van der Waals surface area contributed by atoms with Crippen molar-refractivity contribution in [3.63, 3.8) is 0 Å². The molecule has 0 bridgehead atoms. The summed E-state index contributed by atoms with van der Waals surface area (Å²) in [6.45, 7) is 2.79. The van der Waals surface area contributed by atoms with Gasteiger partial charge >= 0.3 is 5.69 Å². The van der Waals surface area contributed by atoms with Crippen molar-refractivity contribution in [1.82, 2.24) is 0 Å².